The van der Waals surface area contributed by atoms with Gasteiger partial charge in [0.05, 0.1) is 11.3 Å². The van der Waals surface area contributed by atoms with Gasteiger partial charge in [-0.05, 0) is 58.7 Å². The van der Waals surface area contributed by atoms with Gasteiger partial charge in [0.1, 0.15) is 22.6 Å². The first-order chi connectivity index (χ1) is 18.4. The quantitative estimate of drug-likeness (QED) is 0.101. The van der Waals surface area contributed by atoms with Crippen LogP contribution in [0.25, 0.3) is 0 Å². The Morgan fingerprint density at radius 2 is 1.67 bits per heavy atom. The zero-order chi connectivity index (χ0) is 29.2. The number of hydrogen-bond acceptors (Lipinski definition) is 9. The second-order valence-corrected chi connectivity index (χ2v) is 11.8. The maximum atomic E-state index is 13.3. The van der Waals surface area contributed by atoms with Crippen LogP contribution in [0.4, 0.5) is 0 Å². The molecule has 1 saturated heterocycles. The Labute approximate surface area is 234 Å². The van der Waals surface area contributed by atoms with Crippen LogP contribution in [0.2, 0.25) is 0 Å². The number of thioether (sulfide) groups is 1. The van der Waals surface area contributed by atoms with Gasteiger partial charge in [-0.1, -0.05) is 49.7 Å². The Bertz CT molecular complexity index is 1070. The SMILES string of the molecule is CCCCCC(=O)C[C@@H]1C(=O)N(C(C(=O)OCOC(=O)C(C)(C)C)=C(C)C)[C@@H]1SC(=O)COc1ccccc1. The van der Waals surface area contributed by atoms with Crippen LogP contribution >= 0.6 is 11.8 Å². The standard InChI is InChI=1S/C29H39NO8S/c1-7-8-10-13-20(31)16-22-25(33)30(26(22)39-23(32)17-36-21-14-11-9-12-15-21)24(19(2)3)27(34)37-18-38-28(35)29(4,5)6/h9,11-12,14-15,22,26H,7-8,10,13,16-18H2,1-6H3/t22-,26-/m1/s1. The van der Waals surface area contributed by atoms with Gasteiger partial charge in [-0.2, -0.15) is 0 Å². The molecule has 1 aliphatic rings. The number of allylic oxidation sites excluding steroid dienone is 1. The van der Waals surface area contributed by atoms with E-state index < -0.39 is 41.3 Å². The molecule has 1 aliphatic heterocycles. The number of benzene rings is 1. The summed E-state index contributed by atoms with van der Waals surface area (Å²) in [5.74, 6) is -2.15. The number of rotatable bonds is 14. The number of carbonyl (C=O) groups is 5. The van der Waals surface area contributed by atoms with Crippen molar-refractivity contribution in [3.63, 3.8) is 0 Å². The molecule has 1 amide bonds. The Balaban J connectivity index is 2.16. The third-order valence-corrected chi connectivity index (χ3v) is 7.07. The van der Waals surface area contributed by atoms with Crippen LogP contribution in [-0.2, 0) is 33.4 Å². The minimum atomic E-state index is -0.864. The Morgan fingerprint density at radius 3 is 2.26 bits per heavy atom. The first kappa shape index (κ1) is 32.1. The molecule has 9 nitrogen and oxygen atoms in total. The first-order valence-corrected chi connectivity index (χ1v) is 14.0. The van der Waals surface area contributed by atoms with E-state index >= 15 is 0 Å². The fourth-order valence-corrected chi connectivity index (χ4v) is 4.88. The molecule has 0 saturated carbocycles. The summed E-state index contributed by atoms with van der Waals surface area (Å²) < 4.78 is 15.7. The largest absolute Gasteiger partial charge is 0.485 e. The Morgan fingerprint density at radius 1 is 1.00 bits per heavy atom. The molecule has 1 heterocycles. The van der Waals surface area contributed by atoms with E-state index in [0.29, 0.717) is 17.7 Å². The average molecular weight is 562 g/mol. The van der Waals surface area contributed by atoms with Crippen LogP contribution in [-0.4, -0.2) is 52.4 Å². The summed E-state index contributed by atoms with van der Waals surface area (Å²) >= 11 is 0.853. The van der Waals surface area contributed by atoms with Gasteiger partial charge < -0.3 is 14.2 Å². The molecule has 1 aromatic carbocycles. The van der Waals surface area contributed by atoms with Gasteiger partial charge in [0.25, 0.3) is 0 Å². The lowest BCUT2D eigenvalue weighted by atomic mass is 9.89. The molecule has 0 radical (unpaired) electrons. The minimum Gasteiger partial charge on any atom is -0.485 e. The van der Waals surface area contributed by atoms with Crippen LogP contribution in [0.1, 0.15) is 73.6 Å². The molecule has 39 heavy (non-hydrogen) atoms. The molecule has 2 atom stereocenters. The van der Waals surface area contributed by atoms with Crippen molar-refractivity contribution < 1.29 is 38.2 Å². The number of nitrogens with zero attached hydrogens (tertiary/aromatic N) is 1. The monoisotopic (exact) mass is 561 g/mol. The fourth-order valence-electron chi connectivity index (χ4n) is 3.80. The zero-order valence-corrected chi connectivity index (χ0v) is 24.4. The van der Waals surface area contributed by atoms with Gasteiger partial charge in [0.15, 0.2) is 6.61 Å². The van der Waals surface area contributed by atoms with E-state index in [2.05, 4.69) is 0 Å². The number of ketones is 1. The highest BCUT2D eigenvalue weighted by molar-refractivity contribution is 8.14. The molecule has 0 aromatic heterocycles. The molecule has 0 bridgehead atoms. The first-order valence-electron chi connectivity index (χ1n) is 13.1. The number of para-hydroxylation sites is 1. The number of hydrogen-bond donors (Lipinski definition) is 0. The number of esters is 2. The van der Waals surface area contributed by atoms with Crippen molar-refractivity contribution in [2.75, 3.05) is 13.4 Å². The van der Waals surface area contributed by atoms with E-state index in [1.165, 1.54) is 4.90 Å². The molecule has 0 spiro atoms. The average Bonchev–Trinajstić information content (AvgIpc) is 2.88. The second kappa shape index (κ2) is 14.9. The van der Waals surface area contributed by atoms with Crippen molar-refractivity contribution in [3.05, 3.63) is 41.6 Å². The van der Waals surface area contributed by atoms with Crippen molar-refractivity contribution in [1.29, 1.82) is 0 Å². The van der Waals surface area contributed by atoms with Gasteiger partial charge in [-0.3, -0.25) is 24.1 Å². The van der Waals surface area contributed by atoms with Crippen molar-refractivity contribution in [1.82, 2.24) is 4.90 Å². The number of ether oxygens (including phenoxy) is 3. The Kier molecular flexibility index (Phi) is 12.2. The van der Waals surface area contributed by atoms with Gasteiger partial charge in [0, 0.05) is 12.8 Å². The van der Waals surface area contributed by atoms with Crippen molar-refractivity contribution >= 4 is 40.5 Å². The van der Waals surface area contributed by atoms with E-state index in [1.54, 1.807) is 58.9 Å². The van der Waals surface area contributed by atoms with Crippen molar-refractivity contribution in [2.24, 2.45) is 11.3 Å². The molecule has 10 heteroatoms. The Hall–Kier alpha value is -3.14. The molecule has 0 N–H and O–H groups in total. The summed E-state index contributed by atoms with van der Waals surface area (Å²) in [4.78, 5) is 64.9. The van der Waals surface area contributed by atoms with Crippen LogP contribution in [0, 0.1) is 11.3 Å². The third-order valence-electron chi connectivity index (χ3n) is 5.91. The summed E-state index contributed by atoms with van der Waals surface area (Å²) in [7, 11) is 0. The van der Waals surface area contributed by atoms with Gasteiger partial charge >= 0.3 is 11.9 Å². The van der Waals surface area contributed by atoms with E-state index in [1.807, 2.05) is 13.0 Å². The number of unbranched alkanes of at least 4 members (excludes halogenated alkanes) is 2. The maximum Gasteiger partial charge on any atom is 0.357 e. The maximum absolute atomic E-state index is 13.3. The number of amides is 1. The summed E-state index contributed by atoms with van der Waals surface area (Å²) in [5, 5.41) is -1.14. The molecule has 1 aromatic rings. The lowest BCUT2D eigenvalue weighted by Crippen LogP contribution is -2.60. The lowest BCUT2D eigenvalue weighted by molar-refractivity contribution is -0.173. The highest BCUT2D eigenvalue weighted by atomic mass is 32.2. The van der Waals surface area contributed by atoms with Crippen LogP contribution in [0.15, 0.2) is 41.6 Å². The predicted octanol–water partition coefficient (Wildman–Crippen LogP) is 5.03. The smallest absolute Gasteiger partial charge is 0.357 e. The number of likely N-dealkylation sites (tertiary alicyclic amines) is 1. The second-order valence-electron chi connectivity index (χ2n) is 10.6. The highest BCUT2D eigenvalue weighted by Crippen LogP contribution is 2.42. The van der Waals surface area contributed by atoms with Crippen molar-refractivity contribution in [2.45, 2.75) is 79.0 Å². The van der Waals surface area contributed by atoms with Crippen LogP contribution in [0.5, 0.6) is 5.75 Å². The van der Waals surface area contributed by atoms with Crippen LogP contribution in [0.3, 0.4) is 0 Å². The summed E-state index contributed by atoms with van der Waals surface area (Å²) in [5.41, 5.74) is -0.349. The number of carbonyl (C=O) groups excluding carboxylic acids is 5. The highest BCUT2D eigenvalue weighted by Gasteiger charge is 2.52. The van der Waals surface area contributed by atoms with E-state index in [4.69, 9.17) is 14.2 Å². The minimum absolute atomic E-state index is 0.0160. The molecule has 0 aliphatic carbocycles. The van der Waals surface area contributed by atoms with E-state index in [0.717, 1.165) is 31.0 Å². The molecule has 2 rings (SSSR count). The fraction of sp³-hybridized carbons (Fsp3) is 0.552. The zero-order valence-electron chi connectivity index (χ0n) is 23.6. The molecule has 1 fully saturated rings. The molecule has 0 unspecified atom stereocenters. The topological polar surface area (TPSA) is 116 Å². The normalized spacial score (nSPS) is 16.7. The van der Waals surface area contributed by atoms with Crippen molar-refractivity contribution in [3.8, 4) is 5.75 Å². The molecular formula is C29H39NO8S. The van der Waals surface area contributed by atoms with Gasteiger partial charge in [-0.25, -0.2) is 4.79 Å². The molecular weight excluding hydrogens is 522 g/mol. The van der Waals surface area contributed by atoms with Crippen LogP contribution < -0.4 is 4.74 Å². The van der Waals surface area contributed by atoms with E-state index in [-0.39, 0.29) is 29.6 Å². The lowest BCUT2D eigenvalue weighted by Gasteiger charge is -2.46. The predicted molar refractivity (Wildman–Crippen MR) is 147 cm³/mol. The number of β-lactam (4-membered cyclic amide) rings is 1. The van der Waals surface area contributed by atoms with E-state index in [9.17, 15) is 24.0 Å². The van der Waals surface area contributed by atoms with Gasteiger partial charge in [-0.15, -0.1) is 0 Å². The molecule has 214 valence electrons. The summed E-state index contributed by atoms with van der Waals surface area (Å²) in [6, 6.07) is 8.83. The van der Waals surface area contributed by atoms with Gasteiger partial charge in [0.2, 0.25) is 17.8 Å². The number of Topliss-reactive ketones (excluding diaryl/α,β-unsaturated/α-hetero) is 1. The summed E-state index contributed by atoms with van der Waals surface area (Å²) in [6.45, 7) is 9.45. The third kappa shape index (κ3) is 9.53. The summed E-state index contributed by atoms with van der Waals surface area (Å²) in [6.07, 6.45) is 2.96.